The summed E-state index contributed by atoms with van der Waals surface area (Å²) in [6.45, 7) is 2.21. The number of fused-ring (bicyclic) bond motifs is 1. The number of nitrogens with zero attached hydrogens (tertiary/aromatic N) is 1. The largest absolute Gasteiger partial charge is 0.420 e. The molecule has 1 heterocycles. The van der Waals surface area contributed by atoms with E-state index in [-0.39, 0.29) is 16.7 Å². The number of benzene rings is 2. The molecule has 8 heteroatoms. The van der Waals surface area contributed by atoms with Crippen LogP contribution in [0.5, 0.6) is 0 Å². The third-order valence-electron chi connectivity index (χ3n) is 3.98. The lowest BCUT2D eigenvalue weighted by Gasteiger charge is -2.25. The van der Waals surface area contributed by atoms with Gasteiger partial charge in [0.15, 0.2) is 5.58 Å². The standard InChI is InChI=1S/C18H14F4N2O2/c1-2-24(11-5-3-10(19)4-6-11)14-8-7-12-13(18(20,21)22)9-15(25)26-17(12)16(14)23/h3-9H,2,23H2,1H3. The first-order valence-corrected chi connectivity index (χ1v) is 7.69. The fourth-order valence-electron chi connectivity index (χ4n) is 2.82. The van der Waals surface area contributed by atoms with Gasteiger partial charge in [-0.15, -0.1) is 0 Å². The van der Waals surface area contributed by atoms with E-state index in [9.17, 15) is 22.4 Å². The van der Waals surface area contributed by atoms with E-state index in [0.29, 0.717) is 24.0 Å². The molecule has 0 radical (unpaired) electrons. The van der Waals surface area contributed by atoms with E-state index in [1.54, 1.807) is 11.8 Å². The monoisotopic (exact) mass is 366 g/mol. The van der Waals surface area contributed by atoms with Crippen LogP contribution in [0.15, 0.2) is 51.7 Å². The van der Waals surface area contributed by atoms with Gasteiger partial charge < -0.3 is 15.1 Å². The van der Waals surface area contributed by atoms with E-state index >= 15 is 0 Å². The van der Waals surface area contributed by atoms with Crippen LogP contribution in [0.1, 0.15) is 12.5 Å². The number of halogens is 4. The highest BCUT2D eigenvalue weighted by molar-refractivity contribution is 5.97. The molecule has 0 saturated carbocycles. The minimum absolute atomic E-state index is 0.100. The lowest BCUT2D eigenvalue weighted by atomic mass is 10.1. The molecule has 0 atom stereocenters. The molecule has 2 aromatic carbocycles. The maximum Gasteiger partial charge on any atom is 0.417 e. The highest BCUT2D eigenvalue weighted by Crippen LogP contribution is 2.40. The molecule has 0 bridgehead atoms. The molecule has 0 unspecified atom stereocenters. The Hall–Kier alpha value is -3.03. The summed E-state index contributed by atoms with van der Waals surface area (Å²) in [6.07, 6.45) is -4.72. The normalized spacial score (nSPS) is 11.7. The Morgan fingerprint density at radius 3 is 2.35 bits per heavy atom. The molecule has 136 valence electrons. The van der Waals surface area contributed by atoms with Crippen molar-refractivity contribution in [1.29, 1.82) is 0 Å². The van der Waals surface area contributed by atoms with E-state index in [4.69, 9.17) is 10.2 Å². The van der Waals surface area contributed by atoms with Crippen molar-refractivity contribution in [2.45, 2.75) is 13.1 Å². The fraction of sp³-hybridized carbons (Fsp3) is 0.167. The van der Waals surface area contributed by atoms with E-state index < -0.39 is 23.2 Å². The number of alkyl halides is 3. The molecule has 0 spiro atoms. The maximum absolute atomic E-state index is 13.2. The Kier molecular flexibility index (Phi) is 4.35. The van der Waals surface area contributed by atoms with Crippen molar-refractivity contribution in [2.75, 3.05) is 17.2 Å². The predicted octanol–water partition coefficient (Wildman–Crippen LogP) is 4.69. The quantitative estimate of drug-likeness (QED) is 0.415. The number of anilines is 3. The van der Waals surface area contributed by atoms with Gasteiger partial charge in [0, 0.05) is 23.7 Å². The second-order valence-corrected chi connectivity index (χ2v) is 5.57. The first kappa shape index (κ1) is 17.8. The van der Waals surface area contributed by atoms with Crippen molar-refractivity contribution in [3.8, 4) is 0 Å². The van der Waals surface area contributed by atoms with Gasteiger partial charge in [0.2, 0.25) is 0 Å². The first-order chi connectivity index (χ1) is 12.2. The van der Waals surface area contributed by atoms with Crippen molar-refractivity contribution >= 4 is 28.0 Å². The minimum Gasteiger partial charge on any atom is -0.420 e. The topological polar surface area (TPSA) is 59.5 Å². The summed E-state index contributed by atoms with van der Waals surface area (Å²) in [5.74, 6) is -0.419. The molecular weight excluding hydrogens is 352 g/mol. The molecule has 0 amide bonds. The zero-order valence-corrected chi connectivity index (χ0v) is 13.6. The van der Waals surface area contributed by atoms with Crippen LogP contribution < -0.4 is 16.3 Å². The molecule has 0 aliphatic heterocycles. The van der Waals surface area contributed by atoms with Gasteiger partial charge in [-0.1, -0.05) is 0 Å². The van der Waals surface area contributed by atoms with Gasteiger partial charge in [0.05, 0.1) is 16.9 Å². The van der Waals surface area contributed by atoms with Crippen molar-refractivity contribution in [2.24, 2.45) is 0 Å². The maximum atomic E-state index is 13.2. The summed E-state index contributed by atoms with van der Waals surface area (Å²) in [4.78, 5) is 13.3. The molecule has 2 N–H and O–H groups in total. The minimum atomic E-state index is -4.72. The van der Waals surface area contributed by atoms with Gasteiger partial charge in [0.25, 0.3) is 0 Å². The molecule has 4 nitrogen and oxygen atoms in total. The summed E-state index contributed by atoms with van der Waals surface area (Å²) in [7, 11) is 0. The van der Waals surface area contributed by atoms with Crippen LogP contribution in [0.25, 0.3) is 11.0 Å². The Morgan fingerprint density at radius 2 is 1.77 bits per heavy atom. The van der Waals surface area contributed by atoms with E-state index in [1.165, 1.54) is 36.4 Å². The van der Waals surface area contributed by atoms with E-state index in [0.717, 1.165) is 0 Å². The van der Waals surface area contributed by atoms with Crippen molar-refractivity contribution in [1.82, 2.24) is 0 Å². The van der Waals surface area contributed by atoms with Crippen LogP contribution in [-0.4, -0.2) is 6.54 Å². The highest BCUT2D eigenvalue weighted by Gasteiger charge is 2.34. The van der Waals surface area contributed by atoms with Crippen LogP contribution in [0.4, 0.5) is 34.6 Å². The van der Waals surface area contributed by atoms with Crippen molar-refractivity contribution in [3.05, 3.63) is 64.3 Å². The van der Waals surface area contributed by atoms with E-state index in [2.05, 4.69) is 0 Å². The number of nitrogens with two attached hydrogens (primary N) is 1. The fourth-order valence-corrected chi connectivity index (χ4v) is 2.82. The number of nitrogen functional groups attached to an aromatic ring is 1. The van der Waals surface area contributed by atoms with Gasteiger partial charge in [-0.05, 0) is 43.3 Å². The lowest BCUT2D eigenvalue weighted by molar-refractivity contribution is -0.136. The summed E-state index contributed by atoms with van der Waals surface area (Å²) in [5.41, 5.74) is 4.30. The molecule has 26 heavy (non-hydrogen) atoms. The van der Waals surface area contributed by atoms with Crippen LogP contribution >= 0.6 is 0 Å². The second kappa shape index (κ2) is 6.36. The van der Waals surface area contributed by atoms with Crippen LogP contribution in [0.2, 0.25) is 0 Å². The first-order valence-electron chi connectivity index (χ1n) is 7.69. The molecule has 3 aromatic rings. The van der Waals surface area contributed by atoms with Crippen LogP contribution in [0, 0.1) is 5.82 Å². The van der Waals surface area contributed by atoms with Gasteiger partial charge in [-0.25, -0.2) is 9.18 Å². The molecule has 1 aromatic heterocycles. The molecule has 0 saturated heterocycles. The zero-order valence-electron chi connectivity index (χ0n) is 13.6. The Labute approximate surface area is 145 Å². The average molecular weight is 366 g/mol. The lowest BCUT2D eigenvalue weighted by Crippen LogP contribution is -2.18. The van der Waals surface area contributed by atoms with Crippen LogP contribution in [0.3, 0.4) is 0 Å². The number of rotatable bonds is 3. The highest BCUT2D eigenvalue weighted by atomic mass is 19.4. The van der Waals surface area contributed by atoms with Crippen LogP contribution in [-0.2, 0) is 6.18 Å². The number of hydrogen-bond donors (Lipinski definition) is 1. The Bertz CT molecular complexity index is 1010. The molecule has 0 fully saturated rings. The SMILES string of the molecule is CCN(c1ccc(F)cc1)c1ccc2c(C(F)(F)F)cc(=O)oc2c1N. The van der Waals surface area contributed by atoms with E-state index in [1.807, 2.05) is 0 Å². The Balaban J connectivity index is 2.23. The van der Waals surface area contributed by atoms with Gasteiger partial charge in [0.1, 0.15) is 5.82 Å². The third-order valence-corrected chi connectivity index (χ3v) is 3.98. The van der Waals surface area contributed by atoms with Crippen molar-refractivity contribution in [3.63, 3.8) is 0 Å². The summed E-state index contributed by atoms with van der Waals surface area (Å²) in [5, 5.41) is -0.298. The third kappa shape index (κ3) is 3.10. The van der Waals surface area contributed by atoms with Gasteiger partial charge in [-0.2, -0.15) is 13.2 Å². The predicted molar refractivity (Wildman–Crippen MR) is 91.0 cm³/mol. The summed E-state index contributed by atoms with van der Waals surface area (Å²) < 4.78 is 57.7. The average Bonchev–Trinajstić information content (AvgIpc) is 2.58. The Morgan fingerprint density at radius 1 is 1.12 bits per heavy atom. The van der Waals surface area contributed by atoms with Crippen molar-refractivity contribution < 1.29 is 22.0 Å². The summed E-state index contributed by atoms with van der Waals surface area (Å²) >= 11 is 0. The van der Waals surface area contributed by atoms with Gasteiger partial charge in [-0.3, -0.25) is 0 Å². The number of hydrogen-bond acceptors (Lipinski definition) is 4. The molecule has 3 rings (SSSR count). The molecular formula is C18H14F4N2O2. The molecule has 0 aliphatic carbocycles. The van der Waals surface area contributed by atoms with Gasteiger partial charge >= 0.3 is 11.8 Å². The summed E-state index contributed by atoms with van der Waals surface area (Å²) in [6, 6.07) is 8.58. The smallest absolute Gasteiger partial charge is 0.417 e. The zero-order chi connectivity index (χ0) is 19.1. The second-order valence-electron chi connectivity index (χ2n) is 5.57. The molecule has 0 aliphatic rings.